The standard InChI is InChI=1S/C30H27FN6O2/c1-17-24-8-7-22-26(25-10-11-33-16-35-25)36-37(28(22)30(24,2)14-23(27(17)38)29(32)39)21-5-3-18(4-6-21)19-9-12-34-20(13-19)15-31/h3-6,9-14,16-17,24H,7-8,15H2,1-2H3,(H2,32,39)/t17-,24-,30-/m1/s1. The van der Waals surface area contributed by atoms with Gasteiger partial charge in [0.05, 0.1) is 28.3 Å². The number of aromatic nitrogens is 5. The average molecular weight is 523 g/mol. The van der Waals surface area contributed by atoms with E-state index in [4.69, 9.17) is 10.8 Å². The smallest absolute Gasteiger partial charge is 0.252 e. The first-order valence-electron chi connectivity index (χ1n) is 12.9. The van der Waals surface area contributed by atoms with Gasteiger partial charge in [-0.3, -0.25) is 14.6 Å². The fourth-order valence-corrected chi connectivity index (χ4v) is 6.30. The number of allylic oxidation sites excluding steroid dienone is 1. The number of ketones is 1. The predicted octanol–water partition coefficient (Wildman–Crippen LogP) is 4.31. The van der Waals surface area contributed by atoms with Crippen molar-refractivity contribution in [2.24, 2.45) is 17.6 Å². The molecule has 1 aromatic carbocycles. The SMILES string of the molecule is C[C@H]1C(=O)C(C(N)=O)=C[C@@]2(C)c3c(c(-c4ccncn4)nn3-c3ccc(-c4ccnc(CF)c4)cc3)CC[C@H]12. The Balaban J connectivity index is 1.55. The van der Waals surface area contributed by atoms with Gasteiger partial charge in [0.1, 0.15) is 18.7 Å². The van der Waals surface area contributed by atoms with Crippen LogP contribution in [0.4, 0.5) is 4.39 Å². The van der Waals surface area contributed by atoms with Gasteiger partial charge in [0.2, 0.25) is 0 Å². The molecule has 0 unspecified atom stereocenters. The Morgan fingerprint density at radius 3 is 2.62 bits per heavy atom. The zero-order chi connectivity index (χ0) is 27.3. The lowest BCUT2D eigenvalue weighted by molar-refractivity contribution is -0.125. The minimum absolute atomic E-state index is 0.0236. The first-order chi connectivity index (χ1) is 18.8. The third-order valence-electron chi connectivity index (χ3n) is 8.18. The Bertz CT molecular complexity index is 1630. The zero-order valence-electron chi connectivity index (χ0n) is 21.6. The molecule has 0 aliphatic heterocycles. The van der Waals surface area contributed by atoms with Gasteiger partial charge in [-0.2, -0.15) is 5.10 Å². The molecule has 4 aromatic rings. The fraction of sp³-hybridized carbons (Fsp3) is 0.267. The lowest BCUT2D eigenvalue weighted by Gasteiger charge is -2.45. The normalized spacial score (nSPS) is 22.1. The number of Topliss-reactive ketones (excluding diaryl/α,β-unsaturated/α-hetero) is 1. The summed E-state index contributed by atoms with van der Waals surface area (Å²) in [4.78, 5) is 37.9. The van der Waals surface area contributed by atoms with E-state index in [9.17, 15) is 14.0 Å². The number of nitrogens with two attached hydrogens (primary N) is 1. The van der Waals surface area contributed by atoms with E-state index >= 15 is 0 Å². The van der Waals surface area contributed by atoms with E-state index in [0.717, 1.165) is 40.2 Å². The quantitative estimate of drug-likeness (QED) is 0.391. The number of amides is 1. The molecule has 39 heavy (non-hydrogen) atoms. The molecule has 6 rings (SSSR count). The Kier molecular flexibility index (Phi) is 5.94. The number of fused-ring (bicyclic) bond motifs is 3. The summed E-state index contributed by atoms with van der Waals surface area (Å²) >= 11 is 0. The van der Waals surface area contributed by atoms with Gasteiger partial charge < -0.3 is 5.73 Å². The molecule has 196 valence electrons. The van der Waals surface area contributed by atoms with Gasteiger partial charge in [0.15, 0.2) is 5.78 Å². The number of rotatable bonds is 5. The van der Waals surface area contributed by atoms with Crippen molar-refractivity contribution in [3.8, 4) is 28.2 Å². The molecular weight excluding hydrogens is 495 g/mol. The summed E-state index contributed by atoms with van der Waals surface area (Å²) in [5, 5.41) is 5.05. The number of hydrogen-bond donors (Lipinski definition) is 1. The van der Waals surface area contributed by atoms with E-state index in [1.165, 1.54) is 6.33 Å². The average Bonchev–Trinajstić information content (AvgIpc) is 3.37. The van der Waals surface area contributed by atoms with Crippen molar-refractivity contribution in [1.82, 2.24) is 24.7 Å². The van der Waals surface area contributed by atoms with Crippen LogP contribution in [0.15, 0.2) is 72.8 Å². The molecular formula is C30H27FN6O2. The highest BCUT2D eigenvalue weighted by molar-refractivity contribution is 6.20. The van der Waals surface area contributed by atoms with Gasteiger partial charge in [-0.25, -0.2) is 19.0 Å². The fourth-order valence-electron chi connectivity index (χ4n) is 6.30. The molecule has 2 aliphatic rings. The largest absolute Gasteiger partial charge is 0.365 e. The number of alkyl halides is 1. The summed E-state index contributed by atoms with van der Waals surface area (Å²) in [6.07, 6.45) is 8.02. The number of hydrogen-bond acceptors (Lipinski definition) is 6. The second kappa shape index (κ2) is 9.34. The van der Waals surface area contributed by atoms with Gasteiger partial charge in [0, 0.05) is 29.3 Å². The van der Waals surface area contributed by atoms with E-state index in [2.05, 4.69) is 21.9 Å². The summed E-state index contributed by atoms with van der Waals surface area (Å²) in [7, 11) is 0. The van der Waals surface area contributed by atoms with Gasteiger partial charge in [0.25, 0.3) is 5.91 Å². The molecule has 3 heterocycles. The van der Waals surface area contributed by atoms with E-state index in [1.807, 2.05) is 48.0 Å². The molecule has 1 amide bonds. The minimum Gasteiger partial charge on any atom is -0.365 e. The Hall–Kier alpha value is -4.53. The summed E-state index contributed by atoms with van der Waals surface area (Å²) in [6, 6.07) is 13.3. The van der Waals surface area contributed by atoms with Crippen molar-refractivity contribution in [3.05, 3.63) is 89.8 Å². The number of halogens is 1. The minimum atomic E-state index is -0.713. The van der Waals surface area contributed by atoms with Gasteiger partial charge in [-0.1, -0.05) is 32.1 Å². The van der Waals surface area contributed by atoms with Crippen LogP contribution in [-0.2, 0) is 28.1 Å². The molecule has 0 spiro atoms. The van der Waals surface area contributed by atoms with E-state index in [1.54, 1.807) is 24.5 Å². The van der Waals surface area contributed by atoms with Crippen molar-refractivity contribution >= 4 is 11.7 Å². The van der Waals surface area contributed by atoms with Crippen LogP contribution >= 0.6 is 0 Å². The van der Waals surface area contributed by atoms with Crippen LogP contribution in [0.2, 0.25) is 0 Å². The summed E-state index contributed by atoms with van der Waals surface area (Å²) in [5.74, 6) is -1.30. The molecule has 8 nitrogen and oxygen atoms in total. The molecule has 0 radical (unpaired) electrons. The van der Waals surface area contributed by atoms with Gasteiger partial charge in [-0.05, 0) is 60.2 Å². The Morgan fingerprint density at radius 2 is 1.92 bits per heavy atom. The maximum absolute atomic E-state index is 13.2. The van der Waals surface area contributed by atoms with Crippen LogP contribution in [0.1, 0.15) is 37.2 Å². The van der Waals surface area contributed by atoms with Crippen LogP contribution in [0, 0.1) is 11.8 Å². The maximum Gasteiger partial charge on any atom is 0.252 e. The second-order valence-electron chi connectivity index (χ2n) is 10.4. The molecule has 0 fully saturated rings. The number of primary amides is 1. The third-order valence-corrected chi connectivity index (χ3v) is 8.18. The van der Waals surface area contributed by atoms with Crippen LogP contribution in [0.25, 0.3) is 28.2 Å². The van der Waals surface area contributed by atoms with Crippen molar-refractivity contribution in [2.45, 2.75) is 38.8 Å². The second-order valence-corrected chi connectivity index (χ2v) is 10.4. The van der Waals surface area contributed by atoms with E-state index in [-0.39, 0.29) is 23.2 Å². The molecule has 2 N–H and O–H groups in total. The van der Waals surface area contributed by atoms with Gasteiger partial charge in [-0.15, -0.1) is 0 Å². The summed E-state index contributed by atoms with van der Waals surface area (Å²) < 4.78 is 15.1. The van der Waals surface area contributed by atoms with Crippen LogP contribution in [-0.4, -0.2) is 36.4 Å². The number of nitrogens with zero attached hydrogens (tertiary/aromatic N) is 5. The molecule has 3 aromatic heterocycles. The molecule has 0 saturated carbocycles. The van der Waals surface area contributed by atoms with Crippen molar-refractivity contribution < 1.29 is 14.0 Å². The molecule has 2 aliphatic carbocycles. The van der Waals surface area contributed by atoms with Crippen molar-refractivity contribution in [3.63, 3.8) is 0 Å². The Morgan fingerprint density at radius 1 is 1.13 bits per heavy atom. The predicted molar refractivity (Wildman–Crippen MR) is 143 cm³/mol. The molecule has 9 heteroatoms. The lowest BCUT2D eigenvalue weighted by Crippen LogP contribution is -2.48. The lowest BCUT2D eigenvalue weighted by atomic mass is 9.57. The number of pyridine rings is 1. The van der Waals surface area contributed by atoms with Crippen LogP contribution in [0.3, 0.4) is 0 Å². The number of carbonyl (C=O) groups excluding carboxylic acids is 2. The van der Waals surface area contributed by atoms with Gasteiger partial charge >= 0.3 is 0 Å². The highest BCUT2D eigenvalue weighted by Crippen LogP contribution is 2.52. The summed E-state index contributed by atoms with van der Waals surface area (Å²) in [6.45, 7) is 3.32. The highest BCUT2D eigenvalue weighted by Gasteiger charge is 2.51. The highest BCUT2D eigenvalue weighted by atomic mass is 19.1. The number of benzene rings is 1. The molecule has 3 atom stereocenters. The van der Waals surface area contributed by atoms with E-state index < -0.39 is 18.0 Å². The monoisotopic (exact) mass is 522 g/mol. The Labute approximate surface area is 224 Å². The first kappa shape index (κ1) is 24.8. The third kappa shape index (κ3) is 3.96. The first-order valence-corrected chi connectivity index (χ1v) is 12.9. The van der Waals surface area contributed by atoms with Crippen LogP contribution < -0.4 is 5.73 Å². The van der Waals surface area contributed by atoms with Crippen molar-refractivity contribution in [1.29, 1.82) is 0 Å². The van der Waals surface area contributed by atoms with Crippen LogP contribution in [0.5, 0.6) is 0 Å². The topological polar surface area (TPSA) is 117 Å². The zero-order valence-corrected chi connectivity index (χ0v) is 21.6. The van der Waals surface area contributed by atoms with E-state index in [0.29, 0.717) is 17.8 Å². The molecule has 0 bridgehead atoms. The number of carbonyl (C=O) groups is 2. The van der Waals surface area contributed by atoms with Crippen molar-refractivity contribution in [2.75, 3.05) is 0 Å². The summed E-state index contributed by atoms with van der Waals surface area (Å²) in [5.41, 5.74) is 11.4. The molecule has 0 saturated heterocycles. The maximum atomic E-state index is 13.2.